The fourth-order valence-corrected chi connectivity index (χ4v) is 4.86. The number of fused-ring (bicyclic) bond motifs is 3. The molecule has 1 aromatic heterocycles. The number of halogens is 4. The first-order valence-electron chi connectivity index (χ1n) is 10.5. The third kappa shape index (κ3) is 4.49. The van der Waals surface area contributed by atoms with E-state index in [-0.39, 0.29) is 24.0 Å². The summed E-state index contributed by atoms with van der Waals surface area (Å²) in [6.07, 6.45) is 0. The van der Waals surface area contributed by atoms with Crippen molar-refractivity contribution < 1.29 is 14.3 Å². The molecule has 2 aliphatic heterocycles. The van der Waals surface area contributed by atoms with Gasteiger partial charge in [-0.25, -0.2) is 9.69 Å². The molecule has 34 heavy (non-hydrogen) atoms. The van der Waals surface area contributed by atoms with Crippen LogP contribution < -0.4 is 10.2 Å². The number of hydrogen-bond acceptors (Lipinski definition) is 5. The number of rotatable bonds is 3. The van der Waals surface area contributed by atoms with E-state index in [4.69, 9.17) is 49.4 Å². The number of hydrazine groups is 1. The van der Waals surface area contributed by atoms with E-state index in [2.05, 4.69) is 5.43 Å². The van der Waals surface area contributed by atoms with Gasteiger partial charge in [0.2, 0.25) is 0 Å². The molecule has 0 bridgehead atoms. The van der Waals surface area contributed by atoms with E-state index in [0.29, 0.717) is 64.1 Å². The average Bonchev–Trinajstić information content (AvgIpc) is 3.17. The summed E-state index contributed by atoms with van der Waals surface area (Å²) in [5.41, 5.74) is 5.01. The number of nitrogens with one attached hydrogen (secondary N) is 1. The molecule has 5 rings (SSSR count). The number of carbonyl (C=O) groups excluding carboxylic acids is 1. The van der Waals surface area contributed by atoms with Gasteiger partial charge in [0.05, 0.1) is 35.2 Å². The van der Waals surface area contributed by atoms with Crippen molar-refractivity contribution in [3.63, 3.8) is 0 Å². The summed E-state index contributed by atoms with van der Waals surface area (Å²) >= 11 is 19.0. The standard InChI is InChI=1S/C23H21Cl3N4O3.ClH/c1-23(2)19-20(22(31)28-29-7-9-32-10-8-29)27-30(17-5-3-14(25)12-16(17)26)21(19)15-11-13(24)4-6-18(15)33-23;/h3-6,11-12H,7-10H2,1-2H3,(H,28,31);1H. The quantitative estimate of drug-likeness (QED) is 0.470. The molecule has 11 heteroatoms. The van der Waals surface area contributed by atoms with Crippen LogP contribution in [0.3, 0.4) is 0 Å². The molecule has 1 N–H and O–H groups in total. The molecule has 0 atom stereocenters. The van der Waals surface area contributed by atoms with Crippen molar-refractivity contribution in [3.05, 3.63) is 62.7 Å². The Kier molecular flexibility index (Phi) is 7.06. The number of aromatic nitrogens is 2. The predicted octanol–water partition coefficient (Wildman–Crippen LogP) is 5.53. The molecule has 2 aromatic carbocycles. The Balaban J connectivity index is 0.00000274. The molecule has 7 nitrogen and oxygen atoms in total. The molecule has 0 unspecified atom stereocenters. The molecule has 0 spiro atoms. The van der Waals surface area contributed by atoms with Crippen molar-refractivity contribution in [2.45, 2.75) is 19.4 Å². The average molecular weight is 544 g/mol. The van der Waals surface area contributed by atoms with Crippen LogP contribution in [0.2, 0.25) is 15.1 Å². The van der Waals surface area contributed by atoms with Crippen molar-refractivity contribution in [3.8, 4) is 22.7 Å². The van der Waals surface area contributed by atoms with Crippen LogP contribution in [-0.2, 0) is 10.3 Å². The second kappa shape index (κ2) is 9.57. The largest absolute Gasteiger partial charge is 0.482 e. The fraction of sp³-hybridized carbons (Fsp3) is 0.304. The minimum Gasteiger partial charge on any atom is -0.482 e. The molecule has 1 amide bonds. The maximum atomic E-state index is 13.4. The van der Waals surface area contributed by atoms with Crippen LogP contribution in [0.25, 0.3) is 16.9 Å². The Labute approximate surface area is 218 Å². The lowest BCUT2D eigenvalue weighted by molar-refractivity contribution is 0.0122. The van der Waals surface area contributed by atoms with Crippen molar-refractivity contribution in [1.82, 2.24) is 20.2 Å². The summed E-state index contributed by atoms with van der Waals surface area (Å²) in [7, 11) is 0. The van der Waals surface area contributed by atoms with Gasteiger partial charge < -0.3 is 9.47 Å². The van der Waals surface area contributed by atoms with Gasteiger partial charge in [0.1, 0.15) is 11.4 Å². The lowest BCUT2D eigenvalue weighted by Crippen LogP contribution is -2.49. The first-order chi connectivity index (χ1) is 15.7. The van der Waals surface area contributed by atoms with Crippen molar-refractivity contribution in [2.24, 2.45) is 0 Å². The third-order valence-corrected chi connectivity index (χ3v) is 6.45. The highest BCUT2D eigenvalue weighted by atomic mass is 35.5. The highest BCUT2D eigenvalue weighted by Crippen LogP contribution is 2.48. The summed E-state index contributed by atoms with van der Waals surface area (Å²) < 4.78 is 13.3. The van der Waals surface area contributed by atoms with Crippen LogP contribution in [0, 0.1) is 0 Å². The summed E-state index contributed by atoms with van der Waals surface area (Å²) in [6.45, 7) is 6.10. The summed E-state index contributed by atoms with van der Waals surface area (Å²) in [5, 5.41) is 8.01. The van der Waals surface area contributed by atoms with E-state index < -0.39 is 5.60 Å². The van der Waals surface area contributed by atoms with Crippen LogP contribution in [0.1, 0.15) is 29.9 Å². The molecule has 1 saturated heterocycles. The molecule has 0 saturated carbocycles. The molecule has 0 aliphatic carbocycles. The Morgan fingerprint density at radius 3 is 2.44 bits per heavy atom. The van der Waals surface area contributed by atoms with Gasteiger partial charge in [-0.05, 0) is 50.2 Å². The summed E-state index contributed by atoms with van der Waals surface area (Å²) in [6, 6.07) is 10.5. The molecular formula is C23H22Cl4N4O3. The monoisotopic (exact) mass is 542 g/mol. The van der Waals surface area contributed by atoms with E-state index in [0.717, 1.165) is 5.56 Å². The van der Waals surface area contributed by atoms with Gasteiger partial charge in [0.25, 0.3) is 5.91 Å². The van der Waals surface area contributed by atoms with E-state index in [1.165, 1.54) is 0 Å². The summed E-state index contributed by atoms with van der Waals surface area (Å²) in [4.78, 5) is 13.4. The zero-order valence-electron chi connectivity index (χ0n) is 18.4. The lowest BCUT2D eigenvalue weighted by atomic mass is 9.89. The van der Waals surface area contributed by atoms with Gasteiger partial charge >= 0.3 is 0 Å². The highest BCUT2D eigenvalue weighted by Gasteiger charge is 2.41. The zero-order chi connectivity index (χ0) is 23.3. The Morgan fingerprint density at radius 1 is 1.06 bits per heavy atom. The second-order valence-electron chi connectivity index (χ2n) is 8.37. The molecule has 0 radical (unpaired) electrons. The molecule has 3 heterocycles. The minimum atomic E-state index is -0.842. The molecular weight excluding hydrogens is 522 g/mol. The van der Waals surface area contributed by atoms with Gasteiger partial charge in [0, 0.05) is 28.7 Å². The fourth-order valence-electron chi connectivity index (χ4n) is 4.20. The molecule has 1 fully saturated rings. The SMILES string of the molecule is CC1(C)Oc2ccc(Cl)cc2-c2c1c(C(=O)NN1CCOCC1)nn2-c1ccc(Cl)cc1Cl.Cl. The number of benzene rings is 2. The third-order valence-electron chi connectivity index (χ3n) is 5.67. The van der Waals surface area contributed by atoms with E-state index in [1.54, 1.807) is 35.0 Å². The molecule has 2 aliphatic rings. The smallest absolute Gasteiger partial charge is 0.286 e. The van der Waals surface area contributed by atoms with Gasteiger partial charge in [-0.3, -0.25) is 10.2 Å². The van der Waals surface area contributed by atoms with Crippen molar-refractivity contribution in [2.75, 3.05) is 26.3 Å². The maximum absolute atomic E-state index is 13.4. The second-order valence-corrected chi connectivity index (χ2v) is 9.65. The number of amides is 1. The van der Waals surface area contributed by atoms with Gasteiger partial charge in [-0.1, -0.05) is 34.8 Å². The topological polar surface area (TPSA) is 68.6 Å². The van der Waals surface area contributed by atoms with Crippen LogP contribution in [0.15, 0.2) is 36.4 Å². The Morgan fingerprint density at radius 2 is 1.74 bits per heavy atom. The number of ether oxygens (including phenoxy) is 2. The van der Waals surface area contributed by atoms with E-state index >= 15 is 0 Å². The van der Waals surface area contributed by atoms with Crippen molar-refractivity contribution >= 4 is 53.1 Å². The molecule has 3 aromatic rings. The number of morpholine rings is 1. The highest BCUT2D eigenvalue weighted by molar-refractivity contribution is 6.35. The Bertz CT molecular complexity index is 1260. The van der Waals surface area contributed by atoms with Crippen LogP contribution in [0.4, 0.5) is 0 Å². The molecule has 180 valence electrons. The van der Waals surface area contributed by atoms with Crippen LogP contribution in [0.5, 0.6) is 5.75 Å². The lowest BCUT2D eigenvalue weighted by Gasteiger charge is -2.34. The first kappa shape index (κ1) is 25.1. The number of hydrogen-bond donors (Lipinski definition) is 1. The van der Waals surface area contributed by atoms with Gasteiger partial charge in [-0.15, -0.1) is 12.4 Å². The van der Waals surface area contributed by atoms with Crippen LogP contribution in [-0.4, -0.2) is 47.0 Å². The number of carbonyl (C=O) groups is 1. The van der Waals surface area contributed by atoms with Gasteiger partial charge in [-0.2, -0.15) is 5.10 Å². The number of nitrogens with zero attached hydrogens (tertiary/aromatic N) is 3. The van der Waals surface area contributed by atoms with Crippen molar-refractivity contribution in [1.29, 1.82) is 0 Å². The normalized spacial score (nSPS) is 16.6. The van der Waals surface area contributed by atoms with Gasteiger partial charge in [0.15, 0.2) is 5.69 Å². The van der Waals surface area contributed by atoms with Crippen LogP contribution >= 0.6 is 47.2 Å². The van der Waals surface area contributed by atoms with E-state index in [9.17, 15) is 4.79 Å². The maximum Gasteiger partial charge on any atom is 0.286 e. The summed E-state index contributed by atoms with van der Waals surface area (Å²) in [5.74, 6) is 0.308. The van der Waals surface area contributed by atoms with E-state index in [1.807, 2.05) is 24.9 Å². The minimum absolute atomic E-state index is 0. The zero-order valence-corrected chi connectivity index (χ0v) is 21.5. The first-order valence-corrected chi connectivity index (χ1v) is 11.6. The predicted molar refractivity (Wildman–Crippen MR) is 135 cm³/mol. The Hall–Kier alpha value is -2.00.